The van der Waals surface area contributed by atoms with Crippen molar-refractivity contribution in [3.63, 3.8) is 0 Å². The van der Waals surface area contributed by atoms with E-state index in [-0.39, 0.29) is 11.9 Å². The van der Waals surface area contributed by atoms with Crippen LogP contribution in [-0.4, -0.2) is 21.5 Å². The standard InChI is InChI=1S/C23H23Cl2N3O/c1-15-21(23(29)26-19-8-3-2-4-9-19)27-22(16-6-5-7-18(25)14-16)28(15)20-12-10-17(24)11-13-20/h5-7,10-14,19H,2-4,8-9H2,1H3,(H,26,29). The zero-order valence-corrected chi connectivity index (χ0v) is 17.8. The zero-order chi connectivity index (χ0) is 20.4. The van der Waals surface area contributed by atoms with Crippen molar-refractivity contribution < 1.29 is 4.79 Å². The van der Waals surface area contributed by atoms with Gasteiger partial charge in [0.2, 0.25) is 0 Å². The van der Waals surface area contributed by atoms with Gasteiger partial charge in [-0.1, -0.05) is 54.6 Å². The lowest BCUT2D eigenvalue weighted by Crippen LogP contribution is -2.36. The minimum atomic E-state index is -0.120. The number of hydrogen-bond donors (Lipinski definition) is 1. The van der Waals surface area contributed by atoms with Gasteiger partial charge >= 0.3 is 0 Å². The minimum absolute atomic E-state index is 0.120. The third-order valence-electron chi connectivity index (χ3n) is 5.43. The normalized spacial score (nSPS) is 14.7. The molecule has 0 atom stereocenters. The molecule has 0 saturated heterocycles. The van der Waals surface area contributed by atoms with Gasteiger partial charge in [-0.25, -0.2) is 4.98 Å². The number of nitrogens with zero attached hydrogens (tertiary/aromatic N) is 2. The maximum atomic E-state index is 13.0. The van der Waals surface area contributed by atoms with Gasteiger partial charge < -0.3 is 5.32 Å². The van der Waals surface area contributed by atoms with Gasteiger partial charge in [0.25, 0.3) is 5.91 Å². The van der Waals surface area contributed by atoms with Gasteiger partial charge in [-0.05, 0) is 56.2 Å². The second-order valence-electron chi connectivity index (χ2n) is 7.50. The van der Waals surface area contributed by atoms with E-state index in [0.29, 0.717) is 21.6 Å². The molecule has 1 heterocycles. The molecule has 1 N–H and O–H groups in total. The average Bonchev–Trinajstić information content (AvgIpc) is 3.07. The van der Waals surface area contributed by atoms with Gasteiger partial charge in [0.15, 0.2) is 0 Å². The van der Waals surface area contributed by atoms with Gasteiger partial charge in [0.1, 0.15) is 11.5 Å². The first-order valence-corrected chi connectivity index (χ1v) is 10.7. The van der Waals surface area contributed by atoms with Crippen LogP contribution in [0.25, 0.3) is 17.1 Å². The molecule has 3 aromatic rings. The molecule has 29 heavy (non-hydrogen) atoms. The van der Waals surface area contributed by atoms with E-state index in [4.69, 9.17) is 28.2 Å². The maximum absolute atomic E-state index is 13.0. The fraction of sp³-hybridized carbons (Fsp3) is 0.304. The molecule has 1 aliphatic carbocycles. The molecule has 0 spiro atoms. The van der Waals surface area contributed by atoms with Crippen molar-refractivity contribution in [2.75, 3.05) is 0 Å². The van der Waals surface area contributed by atoms with Crippen LogP contribution in [0.3, 0.4) is 0 Å². The second-order valence-corrected chi connectivity index (χ2v) is 8.37. The molecule has 1 aromatic heterocycles. The lowest BCUT2D eigenvalue weighted by molar-refractivity contribution is 0.0922. The summed E-state index contributed by atoms with van der Waals surface area (Å²) in [6.45, 7) is 1.92. The Labute approximate surface area is 180 Å². The molecule has 0 aliphatic heterocycles. The van der Waals surface area contributed by atoms with Crippen molar-refractivity contribution in [3.05, 3.63) is 70.0 Å². The van der Waals surface area contributed by atoms with Crippen LogP contribution in [0.15, 0.2) is 48.5 Å². The summed E-state index contributed by atoms with van der Waals surface area (Å²) in [5.41, 5.74) is 2.98. The zero-order valence-electron chi connectivity index (χ0n) is 16.3. The predicted octanol–water partition coefficient (Wildman–Crippen LogP) is 6.22. The highest BCUT2D eigenvalue weighted by molar-refractivity contribution is 6.31. The number of aromatic nitrogens is 2. The second kappa shape index (κ2) is 8.60. The fourth-order valence-electron chi connectivity index (χ4n) is 3.94. The molecule has 1 saturated carbocycles. The van der Waals surface area contributed by atoms with E-state index in [1.165, 1.54) is 6.42 Å². The molecule has 1 amide bonds. The van der Waals surface area contributed by atoms with E-state index in [1.54, 1.807) is 0 Å². The van der Waals surface area contributed by atoms with Crippen molar-refractivity contribution in [2.45, 2.75) is 45.1 Å². The number of carbonyl (C=O) groups excluding carboxylic acids is 1. The summed E-state index contributed by atoms with van der Waals surface area (Å²) < 4.78 is 1.98. The fourth-order valence-corrected chi connectivity index (χ4v) is 4.26. The lowest BCUT2D eigenvalue weighted by atomic mass is 9.95. The van der Waals surface area contributed by atoms with Crippen molar-refractivity contribution in [3.8, 4) is 17.1 Å². The number of hydrogen-bond acceptors (Lipinski definition) is 2. The quantitative estimate of drug-likeness (QED) is 0.537. The monoisotopic (exact) mass is 427 g/mol. The first-order valence-electron chi connectivity index (χ1n) is 9.95. The number of nitrogens with one attached hydrogen (secondary N) is 1. The molecule has 4 nitrogen and oxygen atoms in total. The SMILES string of the molecule is Cc1c(C(=O)NC2CCCCC2)nc(-c2cccc(Cl)c2)n1-c1ccc(Cl)cc1. The number of halogens is 2. The van der Waals surface area contributed by atoms with Crippen LogP contribution in [0.2, 0.25) is 10.0 Å². The molecule has 0 bridgehead atoms. The molecule has 2 aromatic carbocycles. The van der Waals surface area contributed by atoms with Crippen LogP contribution in [-0.2, 0) is 0 Å². The third kappa shape index (κ3) is 4.34. The summed E-state index contributed by atoms with van der Waals surface area (Å²) in [4.78, 5) is 17.8. The number of imidazole rings is 1. The van der Waals surface area contributed by atoms with Crippen LogP contribution in [0, 0.1) is 6.92 Å². The largest absolute Gasteiger partial charge is 0.348 e. The Morgan fingerprint density at radius 2 is 1.76 bits per heavy atom. The Balaban J connectivity index is 1.77. The first kappa shape index (κ1) is 20.0. The molecule has 1 aliphatic rings. The summed E-state index contributed by atoms with van der Waals surface area (Å²) in [5, 5.41) is 4.46. The van der Waals surface area contributed by atoms with Gasteiger partial charge in [-0.15, -0.1) is 0 Å². The topological polar surface area (TPSA) is 46.9 Å². The van der Waals surface area contributed by atoms with E-state index in [1.807, 2.05) is 60.0 Å². The Kier molecular flexibility index (Phi) is 5.93. The van der Waals surface area contributed by atoms with Gasteiger partial charge in [0, 0.05) is 27.3 Å². The molecule has 0 unspecified atom stereocenters. The van der Waals surface area contributed by atoms with Crippen molar-refractivity contribution >= 4 is 29.1 Å². The average molecular weight is 428 g/mol. The Morgan fingerprint density at radius 3 is 2.45 bits per heavy atom. The number of rotatable bonds is 4. The molecular weight excluding hydrogens is 405 g/mol. The van der Waals surface area contributed by atoms with Crippen LogP contribution >= 0.6 is 23.2 Å². The van der Waals surface area contributed by atoms with Crippen LogP contribution in [0.4, 0.5) is 0 Å². The van der Waals surface area contributed by atoms with E-state index in [2.05, 4.69) is 5.32 Å². The van der Waals surface area contributed by atoms with E-state index in [0.717, 1.165) is 42.6 Å². The first-order chi connectivity index (χ1) is 14.0. The third-order valence-corrected chi connectivity index (χ3v) is 5.92. The molecule has 0 radical (unpaired) electrons. The minimum Gasteiger partial charge on any atom is -0.348 e. The maximum Gasteiger partial charge on any atom is 0.272 e. The Hall–Kier alpha value is -2.30. The predicted molar refractivity (Wildman–Crippen MR) is 118 cm³/mol. The summed E-state index contributed by atoms with van der Waals surface area (Å²) in [7, 11) is 0. The number of amides is 1. The van der Waals surface area contributed by atoms with E-state index in [9.17, 15) is 4.79 Å². The molecular formula is C23H23Cl2N3O. The highest BCUT2D eigenvalue weighted by atomic mass is 35.5. The summed E-state index contributed by atoms with van der Waals surface area (Å²) >= 11 is 12.3. The molecule has 1 fully saturated rings. The molecule has 6 heteroatoms. The number of carbonyl (C=O) groups is 1. The van der Waals surface area contributed by atoms with Gasteiger partial charge in [-0.2, -0.15) is 0 Å². The van der Waals surface area contributed by atoms with E-state index < -0.39 is 0 Å². The van der Waals surface area contributed by atoms with Crippen LogP contribution in [0.5, 0.6) is 0 Å². The van der Waals surface area contributed by atoms with Crippen molar-refractivity contribution in [1.82, 2.24) is 14.9 Å². The van der Waals surface area contributed by atoms with E-state index >= 15 is 0 Å². The van der Waals surface area contributed by atoms with Crippen LogP contribution in [0.1, 0.15) is 48.3 Å². The Bertz CT molecular complexity index is 1020. The van der Waals surface area contributed by atoms with Crippen molar-refractivity contribution in [1.29, 1.82) is 0 Å². The van der Waals surface area contributed by atoms with Gasteiger partial charge in [0.05, 0.1) is 5.69 Å². The highest BCUT2D eigenvalue weighted by Gasteiger charge is 2.24. The van der Waals surface area contributed by atoms with Crippen molar-refractivity contribution in [2.24, 2.45) is 0 Å². The number of benzene rings is 2. The summed E-state index contributed by atoms with van der Waals surface area (Å²) in [6.07, 6.45) is 5.64. The molecule has 4 rings (SSSR count). The molecule has 150 valence electrons. The van der Waals surface area contributed by atoms with Crippen LogP contribution < -0.4 is 5.32 Å². The highest BCUT2D eigenvalue weighted by Crippen LogP contribution is 2.29. The summed E-state index contributed by atoms with van der Waals surface area (Å²) in [6, 6.07) is 15.3. The Morgan fingerprint density at radius 1 is 1.03 bits per heavy atom. The smallest absolute Gasteiger partial charge is 0.272 e. The van der Waals surface area contributed by atoms with Gasteiger partial charge in [-0.3, -0.25) is 9.36 Å². The lowest BCUT2D eigenvalue weighted by Gasteiger charge is -2.22. The summed E-state index contributed by atoms with van der Waals surface area (Å²) in [5.74, 6) is 0.562.